The fraction of sp³-hybridized carbons (Fsp3) is 0.619. The first kappa shape index (κ1) is 21.7. The summed E-state index contributed by atoms with van der Waals surface area (Å²) in [5.74, 6) is 0.462. The molecule has 0 amide bonds. The summed E-state index contributed by atoms with van der Waals surface area (Å²) in [7, 11) is 2.04. The molecule has 0 radical (unpaired) electrons. The van der Waals surface area contributed by atoms with Crippen molar-refractivity contribution >= 4 is 17.6 Å². The van der Waals surface area contributed by atoms with Gasteiger partial charge in [0, 0.05) is 13.1 Å². The fourth-order valence-corrected chi connectivity index (χ4v) is 4.72. The van der Waals surface area contributed by atoms with Gasteiger partial charge in [-0.1, -0.05) is 6.42 Å². The van der Waals surface area contributed by atoms with Gasteiger partial charge in [0.15, 0.2) is 0 Å². The van der Waals surface area contributed by atoms with E-state index in [1.54, 1.807) is 4.90 Å². The second-order valence-electron chi connectivity index (χ2n) is 8.62. The molecule has 2 heterocycles. The van der Waals surface area contributed by atoms with Gasteiger partial charge in [-0.05, 0) is 63.8 Å². The summed E-state index contributed by atoms with van der Waals surface area (Å²) in [5, 5.41) is 0. The van der Waals surface area contributed by atoms with Crippen molar-refractivity contribution in [3.63, 3.8) is 0 Å². The van der Waals surface area contributed by atoms with Gasteiger partial charge >= 0.3 is 6.18 Å². The van der Waals surface area contributed by atoms with Crippen molar-refractivity contribution in [2.75, 3.05) is 25.0 Å². The molecule has 1 aromatic rings. The molecule has 0 bridgehead atoms. The van der Waals surface area contributed by atoms with Crippen molar-refractivity contribution < 1.29 is 17.9 Å². The molecule has 1 aromatic carbocycles. The maximum absolute atomic E-state index is 13.6. The van der Waals surface area contributed by atoms with Gasteiger partial charge in [-0.2, -0.15) is 18.2 Å². The van der Waals surface area contributed by atoms with Gasteiger partial charge in [0.05, 0.1) is 11.3 Å². The van der Waals surface area contributed by atoms with Gasteiger partial charge in [-0.3, -0.25) is 4.90 Å². The highest BCUT2D eigenvalue weighted by Crippen LogP contribution is 2.45. The van der Waals surface area contributed by atoms with Crippen molar-refractivity contribution in [2.45, 2.75) is 62.9 Å². The Morgan fingerprint density at radius 1 is 1.10 bits per heavy atom. The highest BCUT2D eigenvalue weighted by molar-refractivity contribution is 6.06. The summed E-state index contributed by atoms with van der Waals surface area (Å²) in [5.41, 5.74) is 10.8. The van der Waals surface area contributed by atoms with E-state index in [1.807, 2.05) is 7.05 Å². The first-order valence-electron chi connectivity index (χ1n) is 10.7. The number of hydrogen-bond acceptors (Lipinski definition) is 7. The zero-order chi connectivity index (χ0) is 22.2. The van der Waals surface area contributed by atoms with E-state index in [-0.39, 0.29) is 23.7 Å². The predicted molar refractivity (Wildman–Crippen MR) is 114 cm³/mol. The first-order valence-corrected chi connectivity index (χ1v) is 10.7. The lowest BCUT2D eigenvalue weighted by Crippen LogP contribution is -2.58. The van der Waals surface area contributed by atoms with E-state index in [0.29, 0.717) is 18.6 Å². The average molecular weight is 438 g/mol. The third-order valence-electron chi connectivity index (χ3n) is 6.34. The van der Waals surface area contributed by atoms with E-state index in [0.717, 1.165) is 57.3 Å². The van der Waals surface area contributed by atoms with Gasteiger partial charge in [-0.15, -0.1) is 0 Å². The maximum Gasteiger partial charge on any atom is 0.416 e. The van der Waals surface area contributed by atoms with E-state index < -0.39 is 17.4 Å². The predicted octanol–water partition coefficient (Wildman–Crippen LogP) is 3.29. The van der Waals surface area contributed by atoms with Crippen LogP contribution in [0.25, 0.3) is 0 Å². The van der Waals surface area contributed by atoms with Crippen LogP contribution in [-0.4, -0.2) is 48.7 Å². The Kier molecular flexibility index (Phi) is 5.76. The Balaban J connectivity index is 1.77. The van der Waals surface area contributed by atoms with Crippen molar-refractivity contribution in [1.82, 2.24) is 4.90 Å². The number of nitrogens with two attached hydrogens (primary N) is 2. The summed E-state index contributed by atoms with van der Waals surface area (Å²) in [4.78, 5) is 12.5. The van der Waals surface area contributed by atoms with Gasteiger partial charge in [0.1, 0.15) is 17.5 Å². The number of hydrogen-bond donors (Lipinski definition) is 2. The maximum atomic E-state index is 13.6. The zero-order valence-corrected chi connectivity index (χ0v) is 17.7. The summed E-state index contributed by atoms with van der Waals surface area (Å²) in [6, 6.07) is 3.54. The molecule has 10 heteroatoms. The van der Waals surface area contributed by atoms with Crippen LogP contribution in [0.15, 0.2) is 28.2 Å². The summed E-state index contributed by atoms with van der Waals surface area (Å²) >= 11 is 0. The molecule has 1 saturated heterocycles. The number of alkyl halides is 3. The Hall–Kier alpha value is -2.49. The molecule has 0 unspecified atom stereocenters. The number of halogens is 3. The van der Waals surface area contributed by atoms with Crippen LogP contribution in [0.3, 0.4) is 0 Å². The number of benzene rings is 1. The quantitative estimate of drug-likeness (QED) is 0.756. The number of anilines is 1. The molecule has 31 heavy (non-hydrogen) atoms. The molecule has 4 rings (SSSR count). The monoisotopic (exact) mass is 438 g/mol. The van der Waals surface area contributed by atoms with Crippen molar-refractivity contribution in [3.8, 4) is 5.75 Å². The van der Waals surface area contributed by atoms with Crippen LogP contribution >= 0.6 is 0 Å². The second kappa shape index (κ2) is 8.22. The van der Waals surface area contributed by atoms with Crippen LogP contribution in [-0.2, 0) is 6.18 Å². The Bertz CT molecular complexity index is 870. The molecule has 2 aliphatic heterocycles. The van der Waals surface area contributed by atoms with Crippen LogP contribution in [0.5, 0.6) is 5.75 Å². The van der Waals surface area contributed by atoms with Crippen molar-refractivity contribution in [3.05, 3.63) is 23.8 Å². The summed E-state index contributed by atoms with van der Waals surface area (Å²) < 4.78 is 47.0. The number of guanidine groups is 2. The molecule has 1 saturated carbocycles. The van der Waals surface area contributed by atoms with E-state index in [4.69, 9.17) is 16.2 Å². The number of rotatable bonds is 3. The number of ether oxygens (including phenoxy) is 1. The van der Waals surface area contributed by atoms with E-state index in [9.17, 15) is 13.2 Å². The SMILES string of the molecule is CN1CCC(Oc2ccc(C(F)(F)F)cc2N2C(N)=NC(N)=NC23CCCCC3)CC1. The molecule has 1 aliphatic carbocycles. The zero-order valence-electron chi connectivity index (χ0n) is 17.7. The largest absolute Gasteiger partial charge is 0.488 e. The van der Waals surface area contributed by atoms with Gasteiger partial charge in [-0.25, -0.2) is 4.99 Å². The van der Waals surface area contributed by atoms with Crippen LogP contribution in [0.2, 0.25) is 0 Å². The topological polar surface area (TPSA) is 92.5 Å². The lowest BCUT2D eigenvalue weighted by molar-refractivity contribution is -0.137. The lowest BCUT2D eigenvalue weighted by atomic mass is 9.87. The van der Waals surface area contributed by atoms with Gasteiger partial charge in [0.2, 0.25) is 11.9 Å². The molecule has 7 nitrogen and oxygen atoms in total. The smallest absolute Gasteiger partial charge is 0.416 e. The molecule has 1 spiro atoms. The molecule has 4 N–H and O–H groups in total. The fourth-order valence-electron chi connectivity index (χ4n) is 4.72. The second-order valence-corrected chi connectivity index (χ2v) is 8.62. The van der Waals surface area contributed by atoms with E-state index >= 15 is 0 Å². The molecule has 3 aliphatic rings. The van der Waals surface area contributed by atoms with Crippen LogP contribution in [0.1, 0.15) is 50.5 Å². The number of aliphatic imine (C=N–C) groups is 2. The number of nitrogens with zero attached hydrogens (tertiary/aromatic N) is 4. The minimum Gasteiger partial charge on any atom is -0.488 e. The number of likely N-dealkylation sites (tertiary alicyclic amines) is 1. The van der Waals surface area contributed by atoms with E-state index in [1.165, 1.54) is 6.07 Å². The molecule has 170 valence electrons. The molecule has 0 atom stereocenters. The third kappa shape index (κ3) is 4.44. The molecular formula is C21H29F3N6O. The summed E-state index contributed by atoms with van der Waals surface area (Å²) in [6.45, 7) is 1.75. The highest BCUT2D eigenvalue weighted by Gasteiger charge is 2.44. The highest BCUT2D eigenvalue weighted by atomic mass is 19.4. The molecule has 0 aromatic heterocycles. The average Bonchev–Trinajstić information content (AvgIpc) is 2.70. The lowest BCUT2D eigenvalue weighted by Gasteiger charge is -2.46. The Labute approximate surface area is 179 Å². The van der Waals surface area contributed by atoms with Crippen molar-refractivity contribution in [2.24, 2.45) is 21.5 Å². The van der Waals surface area contributed by atoms with Crippen LogP contribution in [0, 0.1) is 0 Å². The van der Waals surface area contributed by atoms with Crippen LogP contribution < -0.4 is 21.1 Å². The number of piperidine rings is 1. The minimum atomic E-state index is -4.50. The summed E-state index contributed by atoms with van der Waals surface area (Å²) in [6.07, 6.45) is 1.09. The molecule has 2 fully saturated rings. The van der Waals surface area contributed by atoms with Crippen LogP contribution in [0.4, 0.5) is 18.9 Å². The first-order chi connectivity index (χ1) is 14.7. The minimum absolute atomic E-state index is 0.0435. The molecular weight excluding hydrogens is 409 g/mol. The Morgan fingerprint density at radius 2 is 1.77 bits per heavy atom. The van der Waals surface area contributed by atoms with E-state index in [2.05, 4.69) is 14.9 Å². The van der Waals surface area contributed by atoms with Gasteiger partial charge in [0.25, 0.3) is 0 Å². The third-order valence-corrected chi connectivity index (χ3v) is 6.34. The van der Waals surface area contributed by atoms with Gasteiger partial charge < -0.3 is 21.1 Å². The Morgan fingerprint density at radius 3 is 2.42 bits per heavy atom. The normalized spacial score (nSPS) is 22.9. The standard InChI is InChI=1S/C21H29F3N6O/c1-29-11-7-15(8-12-29)31-17-6-5-14(21(22,23)24)13-16(17)30-19(26)27-18(25)28-20(30)9-3-2-4-10-20/h5-6,13,15H,2-4,7-12H2,1H3,(H4,25,26,27,28). The van der Waals surface area contributed by atoms with Crippen molar-refractivity contribution in [1.29, 1.82) is 0 Å².